The molecule has 0 saturated heterocycles. The predicted molar refractivity (Wildman–Crippen MR) is 80.4 cm³/mol. The van der Waals surface area contributed by atoms with Gasteiger partial charge in [0.25, 0.3) is 0 Å². The quantitative estimate of drug-likeness (QED) is 0.684. The molecular formula is C17H22O4. The Morgan fingerprint density at radius 2 is 1.90 bits per heavy atom. The van der Waals surface area contributed by atoms with E-state index in [-0.39, 0.29) is 12.4 Å². The smallest absolute Gasteiger partial charge is 0.198 e. The average molecular weight is 290 g/mol. The zero-order valence-corrected chi connectivity index (χ0v) is 13.0. The number of aliphatic hydroxyl groups excluding tert-OH is 1. The second-order valence-electron chi connectivity index (χ2n) is 6.37. The van der Waals surface area contributed by atoms with E-state index in [2.05, 4.69) is 0 Å². The molecule has 1 N–H and O–H groups in total. The highest BCUT2D eigenvalue weighted by Gasteiger charge is 2.44. The van der Waals surface area contributed by atoms with Crippen molar-refractivity contribution in [3.8, 4) is 0 Å². The maximum atomic E-state index is 12.7. The summed E-state index contributed by atoms with van der Waals surface area (Å²) in [6, 6.07) is 7.58. The maximum absolute atomic E-state index is 12.7. The Kier molecular flexibility index (Phi) is 4.33. The van der Waals surface area contributed by atoms with Crippen molar-refractivity contribution in [2.24, 2.45) is 0 Å². The Morgan fingerprint density at radius 1 is 1.24 bits per heavy atom. The number of hydrogen-bond acceptors (Lipinski definition) is 4. The van der Waals surface area contributed by atoms with Crippen LogP contribution in [0.5, 0.6) is 0 Å². The van der Waals surface area contributed by atoms with Gasteiger partial charge in [-0.2, -0.15) is 0 Å². The summed E-state index contributed by atoms with van der Waals surface area (Å²) < 4.78 is 0. The van der Waals surface area contributed by atoms with E-state index in [0.717, 1.165) is 11.1 Å². The summed E-state index contributed by atoms with van der Waals surface area (Å²) >= 11 is 0. The molecule has 2 rings (SSSR count). The molecule has 0 bridgehead atoms. The third-order valence-electron chi connectivity index (χ3n) is 3.37. The molecule has 0 spiro atoms. The number of carbonyl (C=O) groups excluding carboxylic acids is 1. The number of carbonyl (C=O) groups is 1. The van der Waals surface area contributed by atoms with E-state index in [1.807, 2.05) is 51.1 Å². The molecule has 0 fully saturated rings. The van der Waals surface area contributed by atoms with Crippen LogP contribution in [0.15, 0.2) is 29.8 Å². The van der Waals surface area contributed by atoms with Crippen LogP contribution < -0.4 is 0 Å². The first-order valence-corrected chi connectivity index (χ1v) is 7.10. The molecule has 21 heavy (non-hydrogen) atoms. The van der Waals surface area contributed by atoms with Crippen molar-refractivity contribution in [1.82, 2.24) is 0 Å². The topological polar surface area (TPSA) is 55.8 Å². The molecule has 1 atom stereocenters. The number of benzene rings is 1. The van der Waals surface area contributed by atoms with Crippen LogP contribution in [0.4, 0.5) is 0 Å². The van der Waals surface area contributed by atoms with Crippen LogP contribution in [-0.4, -0.2) is 23.1 Å². The van der Waals surface area contributed by atoms with Crippen molar-refractivity contribution in [1.29, 1.82) is 0 Å². The van der Waals surface area contributed by atoms with Crippen LogP contribution in [-0.2, 0) is 20.2 Å². The van der Waals surface area contributed by atoms with E-state index < -0.39 is 11.2 Å². The maximum Gasteiger partial charge on any atom is 0.198 e. The van der Waals surface area contributed by atoms with Gasteiger partial charge in [-0.05, 0) is 45.8 Å². The van der Waals surface area contributed by atoms with Crippen LogP contribution in [0.25, 0.3) is 6.08 Å². The van der Waals surface area contributed by atoms with Crippen LogP contribution in [0, 0.1) is 0 Å². The first-order chi connectivity index (χ1) is 9.78. The number of rotatable bonds is 4. The first kappa shape index (κ1) is 15.9. The minimum Gasteiger partial charge on any atom is -0.396 e. The summed E-state index contributed by atoms with van der Waals surface area (Å²) in [5.41, 5.74) is 0.539. The minimum absolute atomic E-state index is 0.0735. The lowest BCUT2D eigenvalue weighted by atomic mass is 9.79. The summed E-state index contributed by atoms with van der Waals surface area (Å²) in [7, 11) is 0. The molecule has 0 radical (unpaired) electrons. The standard InChI is InChI=1S/C17H22O4/c1-16(2,3)20-21-17(4)14-8-6-5-7-12(14)11-13(9-10-18)15(17)19/h5-8,11,18H,9-10H2,1-4H3. The average Bonchev–Trinajstić information content (AvgIpc) is 2.42. The van der Waals surface area contributed by atoms with Gasteiger partial charge in [0.2, 0.25) is 0 Å². The molecule has 0 aliphatic heterocycles. The van der Waals surface area contributed by atoms with Crippen molar-refractivity contribution >= 4 is 11.9 Å². The van der Waals surface area contributed by atoms with Crippen molar-refractivity contribution in [3.63, 3.8) is 0 Å². The monoisotopic (exact) mass is 290 g/mol. The van der Waals surface area contributed by atoms with E-state index in [4.69, 9.17) is 14.9 Å². The van der Waals surface area contributed by atoms with Crippen molar-refractivity contribution in [3.05, 3.63) is 41.0 Å². The van der Waals surface area contributed by atoms with Gasteiger partial charge in [0.1, 0.15) is 0 Å². The summed E-state index contributed by atoms with van der Waals surface area (Å²) in [4.78, 5) is 23.7. The van der Waals surface area contributed by atoms with E-state index in [0.29, 0.717) is 12.0 Å². The third kappa shape index (κ3) is 3.23. The number of Topliss-reactive ketones (excluding diaryl/α,β-unsaturated/α-hetero) is 1. The minimum atomic E-state index is -1.19. The summed E-state index contributed by atoms with van der Waals surface area (Å²) in [5.74, 6) is -0.167. The highest BCUT2D eigenvalue weighted by molar-refractivity contribution is 6.08. The Balaban J connectivity index is 2.44. The lowest BCUT2D eigenvalue weighted by molar-refractivity contribution is -0.394. The molecule has 114 valence electrons. The van der Waals surface area contributed by atoms with Crippen LogP contribution >= 0.6 is 0 Å². The molecule has 1 aliphatic rings. The SMILES string of the molecule is CC(C)(C)OOC1(C)C(=O)C(CCO)=Cc2ccccc21. The molecule has 0 heterocycles. The second-order valence-corrected chi connectivity index (χ2v) is 6.37. The molecule has 0 saturated carbocycles. The third-order valence-corrected chi connectivity index (χ3v) is 3.37. The lowest BCUT2D eigenvalue weighted by Crippen LogP contribution is -2.41. The lowest BCUT2D eigenvalue weighted by Gasteiger charge is -2.35. The molecule has 0 aromatic heterocycles. The van der Waals surface area contributed by atoms with Crippen LogP contribution in [0.3, 0.4) is 0 Å². The highest BCUT2D eigenvalue weighted by atomic mass is 17.2. The normalized spacial score (nSPS) is 22.0. The first-order valence-electron chi connectivity index (χ1n) is 7.10. The number of hydrogen-bond donors (Lipinski definition) is 1. The van der Waals surface area contributed by atoms with Crippen LogP contribution in [0.1, 0.15) is 45.2 Å². The fourth-order valence-electron chi connectivity index (χ4n) is 2.34. The van der Waals surface area contributed by atoms with E-state index in [9.17, 15) is 4.79 Å². The Hall–Kier alpha value is -1.49. The fourth-order valence-corrected chi connectivity index (χ4v) is 2.34. The molecule has 4 nitrogen and oxygen atoms in total. The largest absolute Gasteiger partial charge is 0.396 e. The molecule has 1 aromatic rings. The zero-order chi connectivity index (χ0) is 15.7. The molecule has 1 aliphatic carbocycles. The van der Waals surface area contributed by atoms with Gasteiger partial charge < -0.3 is 5.11 Å². The summed E-state index contributed by atoms with van der Waals surface area (Å²) in [6.07, 6.45) is 2.12. The van der Waals surface area contributed by atoms with Crippen molar-refractivity contribution < 1.29 is 19.7 Å². The van der Waals surface area contributed by atoms with E-state index in [1.54, 1.807) is 6.92 Å². The van der Waals surface area contributed by atoms with Gasteiger partial charge in [-0.3, -0.25) is 4.79 Å². The molecule has 4 heteroatoms. The van der Waals surface area contributed by atoms with Gasteiger partial charge in [0.15, 0.2) is 11.4 Å². The number of fused-ring (bicyclic) bond motifs is 1. The molecule has 1 unspecified atom stereocenters. The molecule has 1 aromatic carbocycles. The van der Waals surface area contributed by atoms with Gasteiger partial charge >= 0.3 is 0 Å². The summed E-state index contributed by atoms with van der Waals surface area (Å²) in [5, 5.41) is 9.15. The number of ketones is 1. The van der Waals surface area contributed by atoms with Crippen LogP contribution in [0.2, 0.25) is 0 Å². The van der Waals surface area contributed by atoms with E-state index >= 15 is 0 Å². The van der Waals surface area contributed by atoms with Gasteiger partial charge in [-0.1, -0.05) is 24.3 Å². The van der Waals surface area contributed by atoms with Gasteiger partial charge in [0, 0.05) is 17.7 Å². The Morgan fingerprint density at radius 3 is 2.52 bits per heavy atom. The van der Waals surface area contributed by atoms with Crippen molar-refractivity contribution in [2.45, 2.75) is 45.3 Å². The van der Waals surface area contributed by atoms with Gasteiger partial charge in [-0.15, -0.1) is 0 Å². The zero-order valence-electron chi connectivity index (χ0n) is 13.0. The number of aliphatic hydroxyl groups is 1. The highest BCUT2D eigenvalue weighted by Crippen LogP contribution is 2.38. The Labute approximate surface area is 125 Å². The molecular weight excluding hydrogens is 268 g/mol. The molecule has 0 amide bonds. The Bertz CT molecular complexity index is 568. The van der Waals surface area contributed by atoms with E-state index in [1.165, 1.54) is 0 Å². The van der Waals surface area contributed by atoms with Gasteiger partial charge in [0.05, 0.1) is 5.60 Å². The fraction of sp³-hybridized carbons (Fsp3) is 0.471. The predicted octanol–water partition coefficient (Wildman–Crippen LogP) is 3.00. The van der Waals surface area contributed by atoms with Gasteiger partial charge in [-0.25, -0.2) is 9.78 Å². The summed E-state index contributed by atoms with van der Waals surface area (Å²) in [6.45, 7) is 7.22. The van der Waals surface area contributed by atoms with Crippen molar-refractivity contribution in [2.75, 3.05) is 6.61 Å². The second kappa shape index (κ2) is 5.72.